The minimum atomic E-state index is -0.758. The van der Waals surface area contributed by atoms with E-state index in [-0.39, 0.29) is 18.3 Å². The molecule has 1 aromatic carbocycles. The highest BCUT2D eigenvalue weighted by Gasteiger charge is 2.41. The molecular formula is C19H20FN5O2. The van der Waals surface area contributed by atoms with Crippen molar-refractivity contribution in [1.29, 1.82) is 0 Å². The lowest BCUT2D eigenvalue weighted by molar-refractivity contribution is -0.108. The van der Waals surface area contributed by atoms with Gasteiger partial charge in [0.15, 0.2) is 18.3 Å². The number of hydrogen-bond donors (Lipinski definition) is 0. The van der Waals surface area contributed by atoms with Crippen molar-refractivity contribution in [2.45, 2.75) is 25.4 Å². The van der Waals surface area contributed by atoms with Gasteiger partial charge in [-0.1, -0.05) is 18.2 Å². The SMILES string of the molecule is CN1c2nc(Cc3ccccc3F)ncc2N(C(=O)N2CCCC2)C1C=O. The van der Waals surface area contributed by atoms with Crippen LogP contribution in [-0.4, -0.2) is 53.5 Å². The number of nitrogens with zero attached hydrogens (tertiary/aromatic N) is 5. The van der Waals surface area contributed by atoms with Crippen molar-refractivity contribution in [3.63, 3.8) is 0 Å². The summed E-state index contributed by atoms with van der Waals surface area (Å²) in [4.78, 5) is 38.3. The number of amides is 2. The summed E-state index contributed by atoms with van der Waals surface area (Å²) in [6.45, 7) is 1.37. The highest BCUT2D eigenvalue weighted by molar-refractivity contribution is 6.02. The molecule has 3 heterocycles. The van der Waals surface area contributed by atoms with Crippen molar-refractivity contribution >= 4 is 23.8 Å². The zero-order valence-electron chi connectivity index (χ0n) is 15.0. The maximum Gasteiger partial charge on any atom is 0.326 e. The summed E-state index contributed by atoms with van der Waals surface area (Å²) in [6, 6.07) is 6.27. The Labute approximate surface area is 156 Å². The highest BCUT2D eigenvalue weighted by atomic mass is 19.1. The van der Waals surface area contributed by atoms with Crippen LogP contribution in [0.15, 0.2) is 30.5 Å². The number of carbonyl (C=O) groups is 2. The average Bonchev–Trinajstić information content (AvgIpc) is 3.30. The van der Waals surface area contributed by atoms with Gasteiger partial charge in [0.2, 0.25) is 0 Å². The van der Waals surface area contributed by atoms with Crippen LogP contribution in [-0.2, 0) is 11.2 Å². The fourth-order valence-electron chi connectivity index (χ4n) is 3.60. The van der Waals surface area contributed by atoms with Gasteiger partial charge in [0, 0.05) is 26.6 Å². The Kier molecular flexibility index (Phi) is 4.47. The fraction of sp³-hybridized carbons (Fsp3) is 0.368. The van der Waals surface area contributed by atoms with E-state index in [1.54, 1.807) is 41.2 Å². The number of likely N-dealkylation sites (tertiary alicyclic amines) is 1. The molecule has 0 aliphatic carbocycles. The molecule has 2 aliphatic rings. The molecule has 0 N–H and O–H groups in total. The van der Waals surface area contributed by atoms with Crippen LogP contribution in [0.5, 0.6) is 0 Å². The van der Waals surface area contributed by atoms with Crippen LogP contribution in [0, 0.1) is 5.82 Å². The molecule has 140 valence electrons. The number of urea groups is 1. The molecule has 27 heavy (non-hydrogen) atoms. The molecule has 1 unspecified atom stereocenters. The molecule has 2 aliphatic heterocycles. The number of fused-ring (bicyclic) bond motifs is 1. The molecule has 7 nitrogen and oxygen atoms in total. The second-order valence-electron chi connectivity index (χ2n) is 6.77. The van der Waals surface area contributed by atoms with E-state index in [4.69, 9.17) is 0 Å². The second kappa shape index (κ2) is 6.94. The smallest absolute Gasteiger partial charge is 0.326 e. The van der Waals surface area contributed by atoms with Crippen LogP contribution in [0.2, 0.25) is 0 Å². The van der Waals surface area contributed by atoms with Crippen molar-refractivity contribution in [1.82, 2.24) is 14.9 Å². The number of rotatable bonds is 3. The van der Waals surface area contributed by atoms with Crippen LogP contribution in [0.3, 0.4) is 0 Å². The van der Waals surface area contributed by atoms with Crippen LogP contribution in [0.1, 0.15) is 24.2 Å². The number of carbonyl (C=O) groups excluding carboxylic acids is 2. The van der Waals surface area contributed by atoms with Gasteiger partial charge < -0.3 is 9.80 Å². The quantitative estimate of drug-likeness (QED) is 0.776. The Morgan fingerprint density at radius 2 is 2.04 bits per heavy atom. The predicted molar refractivity (Wildman–Crippen MR) is 98.2 cm³/mol. The number of anilines is 2. The number of aromatic nitrogens is 2. The summed E-state index contributed by atoms with van der Waals surface area (Å²) >= 11 is 0. The normalized spacial score (nSPS) is 18.7. The van der Waals surface area contributed by atoms with E-state index in [2.05, 4.69) is 9.97 Å². The van der Waals surface area contributed by atoms with Gasteiger partial charge in [-0.25, -0.2) is 19.2 Å². The van der Waals surface area contributed by atoms with Crippen molar-refractivity contribution in [2.24, 2.45) is 0 Å². The molecule has 0 spiro atoms. The van der Waals surface area contributed by atoms with Gasteiger partial charge in [-0.2, -0.15) is 0 Å². The number of aldehydes is 1. The Hall–Kier alpha value is -3.03. The van der Waals surface area contributed by atoms with Crippen LogP contribution in [0.25, 0.3) is 0 Å². The first-order valence-electron chi connectivity index (χ1n) is 8.95. The molecule has 2 amide bonds. The second-order valence-corrected chi connectivity index (χ2v) is 6.77. The summed E-state index contributed by atoms with van der Waals surface area (Å²) in [7, 11) is 1.72. The summed E-state index contributed by atoms with van der Waals surface area (Å²) < 4.78 is 13.9. The Balaban J connectivity index is 1.66. The first-order valence-corrected chi connectivity index (χ1v) is 8.95. The van der Waals surface area contributed by atoms with Crippen molar-refractivity contribution in [2.75, 3.05) is 29.9 Å². The molecule has 0 saturated carbocycles. The molecule has 0 radical (unpaired) electrons. The topological polar surface area (TPSA) is 69.6 Å². The molecule has 1 atom stereocenters. The lowest BCUT2D eigenvalue weighted by Gasteiger charge is -2.28. The van der Waals surface area contributed by atoms with Crippen molar-refractivity contribution in [3.05, 3.63) is 47.7 Å². The van der Waals surface area contributed by atoms with Gasteiger partial charge >= 0.3 is 6.03 Å². The van der Waals surface area contributed by atoms with Crippen LogP contribution < -0.4 is 9.80 Å². The summed E-state index contributed by atoms with van der Waals surface area (Å²) in [5, 5.41) is 0. The minimum absolute atomic E-state index is 0.208. The summed E-state index contributed by atoms with van der Waals surface area (Å²) in [5.41, 5.74) is 0.999. The maximum atomic E-state index is 13.9. The number of halogens is 1. The third-order valence-corrected chi connectivity index (χ3v) is 5.07. The van der Waals surface area contributed by atoms with Gasteiger partial charge in [-0.15, -0.1) is 0 Å². The monoisotopic (exact) mass is 369 g/mol. The van der Waals surface area contributed by atoms with E-state index in [1.165, 1.54) is 11.0 Å². The van der Waals surface area contributed by atoms with E-state index in [0.717, 1.165) is 19.1 Å². The Morgan fingerprint density at radius 3 is 2.74 bits per heavy atom. The zero-order valence-corrected chi connectivity index (χ0v) is 15.0. The molecule has 1 fully saturated rings. The molecule has 1 saturated heterocycles. The standard InChI is InChI=1S/C19H20FN5O2/c1-23-17(12-26)25(19(27)24-8-4-5-9-24)15-11-21-16(22-18(15)23)10-13-6-2-3-7-14(13)20/h2-3,6-7,11-12,17H,4-5,8-10H2,1H3. The van der Waals surface area contributed by atoms with Gasteiger partial charge in [0.25, 0.3) is 0 Å². The number of hydrogen-bond acceptors (Lipinski definition) is 5. The number of benzene rings is 1. The summed E-state index contributed by atoms with van der Waals surface area (Å²) in [5.74, 6) is 0.623. The van der Waals surface area contributed by atoms with E-state index in [1.807, 2.05) is 0 Å². The Bertz CT molecular complexity index is 884. The van der Waals surface area contributed by atoms with E-state index >= 15 is 0 Å². The third kappa shape index (κ3) is 3.01. The van der Waals surface area contributed by atoms with E-state index < -0.39 is 6.17 Å². The van der Waals surface area contributed by atoms with E-state index in [0.29, 0.717) is 36.0 Å². The first kappa shape index (κ1) is 17.4. The predicted octanol–water partition coefficient (Wildman–Crippen LogP) is 2.20. The lowest BCUT2D eigenvalue weighted by Crippen LogP contribution is -2.50. The van der Waals surface area contributed by atoms with E-state index in [9.17, 15) is 14.0 Å². The van der Waals surface area contributed by atoms with Gasteiger partial charge in [0.05, 0.1) is 6.20 Å². The molecule has 2 aromatic rings. The molecule has 8 heteroatoms. The molecule has 4 rings (SSSR count). The van der Waals surface area contributed by atoms with Crippen molar-refractivity contribution in [3.8, 4) is 0 Å². The van der Waals surface area contributed by atoms with Gasteiger partial charge in [-0.05, 0) is 24.5 Å². The molecule has 1 aromatic heterocycles. The number of likely N-dealkylation sites (N-methyl/N-ethyl adjacent to an activating group) is 1. The van der Waals surface area contributed by atoms with Gasteiger partial charge in [-0.3, -0.25) is 9.69 Å². The van der Waals surface area contributed by atoms with Gasteiger partial charge in [0.1, 0.15) is 17.3 Å². The maximum absolute atomic E-state index is 13.9. The van der Waals surface area contributed by atoms with Crippen molar-refractivity contribution < 1.29 is 14.0 Å². The zero-order chi connectivity index (χ0) is 19.0. The molecule has 0 bridgehead atoms. The molecular weight excluding hydrogens is 349 g/mol. The third-order valence-electron chi connectivity index (χ3n) is 5.07. The minimum Gasteiger partial charge on any atom is -0.331 e. The Morgan fingerprint density at radius 1 is 1.30 bits per heavy atom. The fourth-order valence-corrected chi connectivity index (χ4v) is 3.60. The van der Waals surface area contributed by atoms with Crippen LogP contribution >= 0.6 is 0 Å². The van der Waals surface area contributed by atoms with Crippen LogP contribution in [0.4, 0.5) is 20.7 Å². The first-order chi connectivity index (χ1) is 13.1. The largest absolute Gasteiger partial charge is 0.331 e. The average molecular weight is 369 g/mol. The lowest BCUT2D eigenvalue weighted by atomic mass is 10.1. The highest BCUT2D eigenvalue weighted by Crippen LogP contribution is 2.37. The summed E-state index contributed by atoms with van der Waals surface area (Å²) in [6.07, 6.45) is 3.68.